The van der Waals surface area contributed by atoms with Gasteiger partial charge in [-0.15, -0.1) is 0 Å². The molecule has 0 aliphatic rings. The second kappa shape index (κ2) is 5.92. The summed E-state index contributed by atoms with van der Waals surface area (Å²) in [6.07, 6.45) is 0. The van der Waals surface area contributed by atoms with E-state index in [1.165, 1.54) is 10.8 Å². The molecule has 0 aliphatic heterocycles. The van der Waals surface area contributed by atoms with E-state index in [0.29, 0.717) is 5.22 Å². The van der Waals surface area contributed by atoms with Crippen LogP contribution in [0, 0.1) is 13.8 Å². The van der Waals surface area contributed by atoms with E-state index < -0.39 is 0 Å². The summed E-state index contributed by atoms with van der Waals surface area (Å²) in [6.45, 7) is 3.88. The summed E-state index contributed by atoms with van der Waals surface area (Å²) in [4.78, 5) is 4.37. The summed E-state index contributed by atoms with van der Waals surface area (Å²) in [5, 5.41) is 3.15. The standard InChI is InChI=1S/C17H18N2OS/c1-11-12(2)20-17(19-11)21-10-16(18)15-8-7-13-5-3-4-6-14(13)9-15/h3-9,16H,10,18H2,1-2H3. The van der Waals surface area contributed by atoms with Gasteiger partial charge in [0.15, 0.2) is 0 Å². The highest BCUT2D eigenvalue weighted by Crippen LogP contribution is 2.26. The van der Waals surface area contributed by atoms with Gasteiger partial charge in [0.1, 0.15) is 5.76 Å². The van der Waals surface area contributed by atoms with Crippen LogP contribution in [0.25, 0.3) is 10.8 Å². The van der Waals surface area contributed by atoms with Crippen LogP contribution < -0.4 is 5.73 Å². The summed E-state index contributed by atoms with van der Waals surface area (Å²) >= 11 is 1.56. The van der Waals surface area contributed by atoms with Crippen LogP contribution >= 0.6 is 11.8 Å². The highest BCUT2D eigenvalue weighted by molar-refractivity contribution is 7.99. The van der Waals surface area contributed by atoms with Crippen molar-refractivity contribution in [3.8, 4) is 0 Å². The number of fused-ring (bicyclic) bond motifs is 1. The van der Waals surface area contributed by atoms with Crippen LogP contribution in [0.1, 0.15) is 23.1 Å². The van der Waals surface area contributed by atoms with E-state index >= 15 is 0 Å². The molecule has 2 N–H and O–H groups in total. The molecular formula is C17H18N2OS. The maximum absolute atomic E-state index is 6.29. The van der Waals surface area contributed by atoms with E-state index in [-0.39, 0.29) is 6.04 Å². The number of aryl methyl sites for hydroxylation is 2. The molecule has 108 valence electrons. The SMILES string of the molecule is Cc1nc(SCC(N)c2ccc3ccccc3c2)oc1C. The van der Waals surface area contributed by atoms with Crippen molar-refractivity contribution >= 4 is 22.5 Å². The van der Waals surface area contributed by atoms with Gasteiger partial charge in [-0.3, -0.25) is 0 Å². The number of aromatic nitrogens is 1. The Labute approximate surface area is 128 Å². The predicted molar refractivity (Wildman–Crippen MR) is 87.6 cm³/mol. The zero-order valence-corrected chi connectivity index (χ0v) is 13.0. The molecule has 0 fully saturated rings. The van der Waals surface area contributed by atoms with Gasteiger partial charge in [-0.1, -0.05) is 48.2 Å². The molecule has 2 aromatic carbocycles. The average Bonchev–Trinajstić information content (AvgIpc) is 2.83. The molecule has 1 aromatic heterocycles. The van der Waals surface area contributed by atoms with Crippen molar-refractivity contribution in [2.75, 3.05) is 5.75 Å². The fourth-order valence-electron chi connectivity index (χ4n) is 2.20. The van der Waals surface area contributed by atoms with E-state index in [1.54, 1.807) is 11.8 Å². The molecule has 0 amide bonds. The minimum Gasteiger partial charge on any atom is -0.437 e. The lowest BCUT2D eigenvalue weighted by Crippen LogP contribution is -2.12. The summed E-state index contributed by atoms with van der Waals surface area (Å²) in [6, 6.07) is 14.7. The number of benzene rings is 2. The lowest BCUT2D eigenvalue weighted by molar-refractivity contribution is 0.431. The second-order valence-corrected chi connectivity index (χ2v) is 6.12. The van der Waals surface area contributed by atoms with E-state index in [0.717, 1.165) is 22.8 Å². The van der Waals surface area contributed by atoms with Gasteiger partial charge in [0.2, 0.25) is 0 Å². The van der Waals surface area contributed by atoms with Crippen molar-refractivity contribution in [3.63, 3.8) is 0 Å². The first-order chi connectivity index (χ1) is 10.1. The maximum Gasteiger partial charge on any atom is 0.256 e. The van der Waals surface area contributed by atoms with Crippen molar-refractivity contribution in [1.82, 2.24) is 4.98 Å². The summed E-state index contributed by atoms with van der Waals surface area (Å²) in [7, 11) is 0. The summed E-state index contributed by atoms with van der Waals surface area (Å²) in [5.41, 5.74) is 8.37. The van der Waals surface area contributed by atoms with Gasteiger partial charge in [0, 0.05) is 11.8 Å². The molecule has 21 heavy (non-hydrogen) atoms. The predicted octanol–water partition coefficient (Wildman–Crippen LogP) is 4.24. The third kappa shape index (κ3) is 3.12. The van der Waals surface area contributed by atoms with Gasteiger partial charge in [-0.05, 0) is 36.2 Å². The fraction of sp³-hybridized carbons (Fsp3) is 0.235. The molecule has 1 heterocycles. The topological polar surface area (TPSA) is 52.0 Å². The highest BCUT2D eigenvalue weighted by atomic mass is 32.2. The smallest absolute Gasteiger partial charge is 0.256 e. The number of hydrogen-bond donors (Lipinski definition) is 1. The molecule has 1 unspecified atom stereocenters. The Hall–Kier alpha value is -1.78. The van der Waals surface area contributed by atoms with Crippen molar-refractivity contribution in [2.45, 2.75) is 25.1 Å². The molecule has 0 saturated carbocycles. The lowest BCUT2D eigenvalue weighted by Gasteiger charge is -2.11. The van der Waals surface area contributed by atoms with Gasteiger partial charge in [0.25, 0.3) is 5.22 Å². The van der Waals surface area contributed by atoms with Gasteiger partial charge in [-0.2, -0.15) is 0 Å². The summed E-state index contributed by atoms with van der Waals surface area (Å²) in [5.74, 6) is 1.62. The monoisotopic (exact) mass is 298 g/mol. The molecule has 0 spiro atoms. The van der Waals surface area contributed by atoms with Crippen molar-refractivity contribution in [3.05, 3.63) is 59.5 Å². The first-order valence-electron chi connectivity index (χ1n) is 6.94. The molecular weight excluding hydrogens is 280 g/mol. The second-order valence-electron chi connectivity index (χ2n) is 5.15. The number of oxazole rings is 1. The van der Waals surface area contributed by atoms with Crippen molar-refractivity contribution < 1.29 is 4.42 Å². The minimum absolute atomic E-state index is 0.0351. The van der Waals surface area contributed by atoms with Crippen molar-refractivity contribution in [1.29, 1.82) is 0 Å². The zero-order chi connectivity index (χ0) is 14.8. The molecule has 0 bridgehead atoms. The van der Waals surface area contributed by atoms with Crippen LogP contribution in [0.3, 0.4) is 0 Å². The van der Waals surface area contributed by atoms with E-state index in [9.17, 15) is 0 Å². The number of hydrogen-bond acceptors (Lipinski definition) is 4. The largest absolute Gasteiger partial charge is 0.437 e. The first-order valence-corrected chi connectivity index (χ1v) is 7.93. The fourth-order valence-corrected chi connectivity index (χ4v) is 3.10. The third-order valence-corrected chi connectivity index (χ3v) is 4.54. The van der Waals surface area contributed by atoms with Crippen molar-refractivity contribution in [2.24, 2.45) is 5.73 Å². The summed E-state index contributed by atoms with van der Waals surface area (Å²) < 4.78 is 5.57. The number of nitrogens with zero attached hydrogens (tertiary/aromatic N) is 1. The number of thioether (sulfide) groups is 1. The van der Waals surface area contributed by atoms with E-state index in [2.05, 4.69) is 35.3 Å². The van der Waals surface area contributed by atoms with Gasteiger partial charge < -0.3 is 10.2 Å². The van der Waals surface area contributed by atoms with Gasteiger partial charge in [0.05, 0.1) is 5.69 Å². The molecule has 3 aromatic rings. The Morgan fingerprint density at radius 2 is 1.90 bits per heavy atom. The maximum atomic E-state index is 6.29. The third-order valence-electron chi connectivity index (χ3n) is 3.60. The quantitative estimate of drug-likeness (QED) is 0.732. The van der Waals surface area contributed by atoms with Gasteiger partial charge >= 0.3 is 0 Å². The van der Waals surface area contributed by atoms with Crippen LogP contribution in [0.2, 0.25) is 0 Å². The molecule has 0 saturated heterocycles. The minimum atomic E-state index is -0.0351. The van der Waals surface area contributed by atoms with Crippen LogP contribution in [0.4, 0.5) is 0 Å². The van der Waals surface area contributed by atoms with Crippen LogP contribution in [-0.2, 0) is 0 Å². The molecule has 0 radical (unpaired) electrons. The number of nitrogens with two attached hydrogens (primary N) is 1. The van der Waals surface area contributed by atoms with Crippen LogP contribution in [-0.4, -0.2) is 10.7 Å². The van der Waals surface area contributed by atoms with Gasteiger partial charge in [-0.25, -0.2) is 4.98 Å². The molecule has 0 aliphatic carbocycles. The normalized spacial score (nSPS) is 12.7. The number of rotatable bonds is 4. The Morgan fingerprint density at radius 1 is 1.14 bits per heavy atom. The van der Waals surface area contributed by atoms with Crippen LogP contribution in [0.5, 0.6) is 0 Å². The Bertz CT molecular complexity index is 747. The molecule has 3 rings (SSSR count). The van der Waals surface area contributed by atoms with Crippen LogP contribution in [0.15, 0.2) is 52.1 Å². The van der Waals surface area contributed by atoms with E-state index in [4.69, 9.17) is 10.2 Å². The Morgan fingerprint density at radius 3 is 2.62 bits per heavy atom. The highest BCUT2D eigenvalue weighted by Gasteiger charge is 2.11. The Kier molecular flexibility index (Phi) is 3.99. The Balaban J connectivity index is 1.72. The zero-order valence-electron chi connectivity index (χ0n) is 12.2. The van der Waals surface area contributed by atoms with E-state index in [1.807, 2.05) is 26.0 Å². The first kappa shape index (κ1) is 14.2. The molecule has 1 atom stereocenters. The average molecular weight is 298 g/mol. The molecule has 4 heteroatoms. The molecule has 3 nitrogen and oxygen atoms in total. The lowest BCUT2D eigenvalue weighted by atomic mass is 10.0.